The number of nitrogens with one attached hydrogen (secondary N) is 1. The van der Waals surface area contributed by atoms with E-state index < -0.39 is 10.2 Å². The van der Waals surface area contributed by atoms with Crippen molar-refractivity contribution in [1.82, 2.24) is 18.6 Å². The van der Waals surface area contributed by atoms with Crippen molar-refractivity contribution in [3.63, 3.8) is 0 Å². The number of rotatable bonds is 4. The van der Waals surface area contributed by atoms with Crippen LogP contribution in [-0.2, 0) is 23.8 Å². The standard InChI is InChI=1S/C11H19ClN4O2S/c1-9-5-3-4-6-16(9)19(17,18)14-8-11-13-7-10(12)15(11)2/h7,9,14H,3-6,8H2,1-2H3/t9-/m0/s1. The van der Waals surface area contributed by atoms with Gasteiger partial charge in [0.15, 0.2) is 0 Å². The number of aromatic nitrogens is 2. The second-order valence-electron chi connectivity index (χ2n) is 4.84. The Bertz CT molecular complexity index is 543. The van der Waals surface area contributed by atoms with Crippen LogP contribution in [0, 0.1) is 0 Å². The molecule has 0 saturated carbocycles. The zero-order valence-electron chi connectivity index (χ0n) is 11.1. The number of nitrogens with zero attached hydrogens (tertiary/aromatic N) is 3. The van der Waals surface area contributed by atoms with E-state index >= 15 is 0 Å². The van der Waals surface area contributed by atoms with Gasteiger partial charge in [0.1, 0.15) is 11.0 Å². The topological polar surface area (TPSA) is 67.2 Å². The molecule has 1 saturated heterocycles. The summed E-state index contributed by atoms with van der Waals surface area (Å²) in [6, 6.07) is 0.0520. The van der Waals surface area contributed by atoms with Gasteiger partial charge in [-0.2, -0.15) is 17.4 Å². The lowest BCUT2D eigenvalue weighted by atomic mass is 10.1. The summed E-state index contributed by atoms with van der Waals surface area (Å²) in [5.41, 5.74) is 0. The molecule has 19 heavy (non-hydrogen) atoms. The third kappa shape index (κ3) is 3.28. The Labute approximate surface area is 118 Å². The fraction of sp³-hybridized carbons (Fsp3) is 0.727. The predicted molar refractivity (Wildman–Crippen MR) is 74.0 cm³/mol. The summed E-state index contributed by atoms with van der Waals surface area (Å²) in [5.74, 6) is 0.596. The first-order chi connectivity index (χ1) is 8.92. The predicted octanol–water partition coefficient (Wildman–Crippen LogP) is 1.28. The molecule has 0 amide bonds. The third-order valence-electron chi connectivity index (χ3n) is 3.49. The third-order valence-corrected chi connectivity index (χ3v) is 5.51. The van der Waals surface area contributed by atoms with Gasteiger partial charge in [-0.25, -0.2) is 4.98 Å². The summed E-state index contributed by atoms with van der Waals surface area (Å²) in [4.78, 5) is 4.07. The Morgan fingerprint density at radius 2 is 2.26 bits per heavy atom. The van der Waals surface area contributed by atoms with Crippen molar-refractivity contribution in [2.45, 2.75) is 38.8 Å². The van der Waals surface area contributed by atoms with Crippen LogP contribution < -0.4 is 4.72 Å². The van der Waals surface area contributed by atoms with Crippen LogP contribution in [0.5, 0.6) is 0 Å². The quantitative estimate of drug-likeness (QED) is 0.911. The van der Waals surface area contributed by atoms with E-state index in [4.69, 9.17) is 11.6 Å². The van der Waals surface area contributed by atoms with Crippen molar-refractivity contribution in [1.29, 1.82) is 0 Å². The van der Waals surface area contributed by atoms with E-state index in [0.717, 1.165) is 19.3 Å². The van der Waals surface area contributed by atoms with E-state index in [1.165, 1.54) is 10.5 Å². The fourth-order valence-corrected chi connectivity index (χ4v) is 3.83. The number of piperidine rings is 1. The van der Waals surface area contributed by atoms with Gasteiger partial charge in [0, 0.05) is 19.6 Å². The Morgan fingerprint density at radius 1 is 1.53 bits per heavy atom. The molecule has 2 heterocycles. The Kier molecular flexibility index (Phi) is 4.50. The summed E-state index contributed by atoms with van der Waals surface area (Å²) >= 11 is 5.86. The van der Waals surface area contributed by atoms with Crippen LogP contribution in [0.1, 0.15) is 32.0 Å². The van der Waals surface area contributed by atoms with Gasteiger partial charge >= 0.3 is 0 Å². The molecule has 1 atom stereocenters. The Balaban J connectivity index is 2.03. The van der Waals surface area contributed by atoms with E-state index in [1.54, 1.807) is 11.6 Å². The molecular formula is C11H19ClN4O2S. The molecule has 1 aromatic heterocycles. The lowest BCUT2D eigenvalue weighted by Gasteiger charge is -2.32. The second kappa shape index (κ2) is 5.78. The van der Waals surface area contributed by atoms with E-state index in [-0.39, 0.29) is 12.6 Å². The zero-order chi connectivity index (χ0) is 14.0. The number of imidazole rings is 1. The molecule has 0 radical (unpaired) electrons. The molecule has 8 heteroatoms. The van der Waals surface area contributed by atoms with Gasteiger partial charge in [-0.3, -0.25) is 0 Å². The highest BCUT2D eigenvalue weighted by atomic mass is 35.5. The van der Waals surface area contributed by atoms with Crippen molar-refractivity contribution in [2.75, 3.05) is 6.54 Å². The summed E-state index contributed by atoms with van der Waals surface area (Å²) in [6.45, 7) is 2.67. The smallest absolute Gasteiger partial charge is 0.280 e. The monoisotopic (exact) mass is 306 g/mol. The minimum absolute atomic E-state index is 0.0520. The maximum atomic E-state index is 12.2. The summed E-state index contributed by atoms with van der Waals surface area (Å²) in [6.07, 6.45) is 4.42. The highest BCUT2D eigenvalue weighted by Gasteiger charge is 2.29. The molecule has 108 valence electrons. The number of halogens is 1. The summed E-state index contributed by atoms with van der Waals surface area (Å²) in [7, 11) is -1.70. The maximum absolute atomic E-state index is 12.2. The molecule has 1 aliphatic rings. The highest BCUT2D eigenvalue weighted by molar-refractivity contribution is 7.87. The molecule has 6 nitrogen and oxygen atoms in total. The molecular weight excluding hydrogens is 288 g/mol. The Morgan fingerprint density at radius 3 is 2.84 bits per heavy atom. The van der Waals surface area contributed by atoms with Crippen molar-refractivity contribution in [3.05, 3.63) is 17.2 Å². The van der Waals surface area contributed by atoms with E-state index in [1.807, 2.05) is 6.92 Å². The summed E-state index contributed by atoms with van der Waals surface area (Å²) < 4.78 is 30.2. The van der Waals surface area contributed by atoms with Crippen LogP contribution in [0.25, 0.3) is 0 Å². The minimum Gasteiger partial charge on any atom is -0.321 e. The summed E-state index contributed by atoms with van der Waals surface area (Å²) in [5, 5.41) is 0.487. The van der Waals surface area contributed by atoms with Crippen molar-refractivity contribution < 1.29 is 8.42 Å². The van der Waals surface area contributed by atoms with Crippen LogP contribution in [0.15, 0.2) is 6.20 Å². The largest absolute Gasteiger partial charge is 0.321 e. The Hall–Kier alpha value is -0.630. The van der Waals surface area contributed by atoms with Gasteiger partial charge < -0.3 is 4.57 Å². The van der Waals surface area contributed by atoms with Crippen molar-refractivity contribution >= 4 is 21.8 Å². The average Bonchev–Trinajstić information content (AvgIpc) is 2.68. The molecule has 1 N–H and O–H groups in total. The van der Waals surface area contributed by atoms with E-state index in [0.29, 0.717) is 17.5 Å². The first-order valence-corrected chi connectivity index (χ1v) is 8.16. The van der Waals surface area contributed by atoms with Gasteiger partial charge in [0.05, 0.1) is 12.7 Å². The lowest BCUT2D eigenvalue weighted by molar-refractivity contribution is 0.265. The van der Waals surface area contributed by atoms with Crippen LogP contribution >= 0.6 is 11.6 Å². The van der Waals surface area contributed by atoms with Gasteiger partial charge in [-0.1, -0.05) is 18.0 Å². The van der Waals surface area contributed by atoms with Crippen molar-refractivity contribution in [3.8, 4) is 0 Å². The number of hydrogen-bond donors (Lipinski definition) is 1. The lowest BCUT2D eigenvalue weighted by Crippen LogP contribution is -2.47. The van der Waals surface area contributed by atoms with Gasteiger partial charge in [0.25, 0.3) is 10.2 Å². The molecule has 1 aromatic rings. The molecule has 0 spiro atoms. The highest BCUT2D eigenvalue weighted by Crippen LogP contribution is 2.19. The minimum atomic E-state index is -3.45. The molecule has 0 bridgehead atoms. The first-order valence-electron chi connectivity index (χ1n) is 6.34. The van der Waals surface area contributed by atoms with Gasteiger partial charge in [0.2, 0.25) is 0 Å². The molecule has 2 rings (SSSR count). The van der Waals surface area contributed by atoms with Crippen LogP contribution in [0.4, 0.5) is 0 Å². The van der Waals surface area contributed by atoms with Gasteiger partial charge in [-0.15, -0.1) is 0 Å². The fourth-order valence-electron chi connectivity index (χ4n) is 2.26. The zero-order valence-corrected chi connectivity index (χ0v) is 12.7. The molecule has 1 fully saturated rings. The van der Waals surface area contributed by atoms with E-state index in [9.17, 15) is 8.42 Å². The van der Waals surface area contributed by atoms with E-state index in [2.05, 4.69) is 9.71 Å². The number of hydrogen-bond acceptors (Lipinski definition) is 3. The van der Waals surface area contributed by atoms with Crippen LogP contribution in [0.2, 0.25) is 5.15 Å². The normalized spacial score (nSPS) is 21.7. The van der Waals surface area contributed by atoms with Crippen LogP contribution in [-0.4, -0.2) is 34.9 Å². The SMILES string of the molecule is C[C@H]1CCCCN1S(=O)(=O)NCc1ncc(Cl)n1C. The molecule has 0 aliphatic carbocycles. The van der Waals surface area contributed by atoms with Crippen molar-refractivity contribution in [2.24, 2.45) is 7.05 Å². The first kappa shape index (κ1) is 14.8. The maximum Gasteiger partial charge on any atom is 0.280 e. The van der Waals surface area contributed by atoms with Gasteiger partial charge in [-0.05, 0) is 19.8 Å². The average molecular weight is 307 g/mol. The second-order valence-corrected chi connectivity index (χ2v) is 6.93. The molecule has 0 aromatic carbocycles. The molecule has 0 unspecified atom stereocenters. The van der Waals surface area contributed by atoms with Crippen LogP contribution in [0.3, 0.4) is 0 Å². The molecule has 1 aliphatic heterocycles.